The molecule has 0 aromatic heterocycles. The molecule has 10 nitrogen and oxygen atoms in total. The summed E-state index contributed by atoms with van der Waals surface area (Å²) in [4.78, 5) is 15.3. The van der Waals surface area contributed by atoms with Gasteiger partial charge in [-0.2, -0.15) is 24.9 Å². The smallest absolute Gasteiger partial charge is 0.343 e. The third kappa shape index (κ3) is 20.9. The van der Waals surface area contributed by atoms with E-state index in [1.807, 2.05) is 111 Å². The van der Waals surface area contributed by atoms with Crippen LogP contribution in [0.4, 0.5) is 23.2 Å². The zero-order chi connectivity index (χ0) is 55.9. The number of halogens is 4. The van der Waals surface area contributed by atoms with Crippen LogP contribution < -0.4 is 21.3 Å². The van der Waals surface area contributed by atoms with E-state index in [1.54, 1.807) is 37.7 Å². The fraction of sp³-hybridized carbons (Fsp3) is 0.484. The molecular formula is C62H81F4N5O5S. The minimum Gasteiger partial charge on any atom is -0.343 e. The number of hydrogen-bond donors (Lipinski definition) is 4. The maximum absolute atomic E-state index is 14.0. The van der Waals surface area contributed by atoms with Gasteiger partial charge < -0.3 is 40.2 Å². The second kappa shape index (κ2) is 31.4. The van der Waals surface area contributed by atoms with Gasteiger partial charge in [0.15, 0.2) is 11.6 Å². The molecule has 15 heteroatoms. The Morgan fingerprint density at radius 2 is 0.909 bits per heavy atom. The van der Waals surface area contributed by atoms with Gasteiger partial charge in [0.1, 0.15) is 30.2 Å². The molecule has 2 fully saturated rings. The molecule has 0 unspecified atom stereocenters. The second-order valence-corrected chi connectivity index (χ2v) is 21.4. The fourth-order valence-electron chi connectivity index (χ4n) is 9.70. The SMILES string of the molecule is CCCCN[C@H](Cc1ccccc1)[C@@H]1OC(C)(C)O[C@H]1[C@@H](Cc1ccccc1)NC(=O)C(F)(F)F.CSC.[C-]#[N+]c1cc(CN[C@H](Cc2ccccc2)[C@@H]2OC(C)(C)O[C@H]2[C@@H](Cc2ccccc2)NCCCC)ccc1F. The molecule has 0 spiro atoms. The number of carbonyl (C=O) groups is 1. The van der Waals surface area contributed by atoms with Crippen molar-refractivity contribution in [2.24, 2.45) is 0 Å². The van der Waals surface area contributed by atoms with Crippen molar-refractivity contribution in [3.63, 3.8) is 0 Å². The number of nitrogens with one attached hydrogen (secondary N) is 4. The number of hydrogen-bond acceptors (Lipinski definition) is 9. The Hall–Kier alpha value is -5.15. The van der Waals surface area contributed by atoms with E-state index in [4.69, 9.17) is 25.5 Å². The minimum atomic E-state index is -5.00. The standard InChI is InChI=1S/C33H40FN3O2.C27H35F3N2O3.C2H6S/c1-5-6-19-36-29(20-24-13-9-7-10-14-24)31-32(39-33(2,3)38-31)30(21-25-15-11-8-12-16-25)37-23-26-17-18-27(34)28(22-26)35-4;1-4-5-16-31-21(17-19-12-8-6-9-13-19)23-24(35-26(2,3)34-23)22(32-25(33)27(28,29)30)18-20-14-10-7-11-15-20;1-3-2/h7-18,22,29-32,36-37H,5-6,19-21,23H2,1-3H3;6-15,21-24,31H,4-5,16-18H2,1-3H3,(H,32,33);1-2H3/t29-,30-,31+,32+;21-,22-,23+,24+;/m11./s1. The third-order valence-corrected chi connectivity index (χ3v) is 13.3. The van der Waals surface area contributed by atoms with E-state index in [0.29, 0.717) is 13.0 Å². The van der Waals surface area contributed by atoms with Crippen molar-refractivity contribution < 1.29 is 41.3 Å². The highest BCUT2D eigenvalue weighted by Crippen LogP contribution is 2.36. The van der Waals surface area contributed by atoms with Crippen LogP contribution in [0, 0.1) is 12.4 Å². The Kier molecular flexibility index (Phi) is 25.6. The van der Waals surface area contributed by atoms with Crippen LogP contribution in [0.5, 0.6) is 0 Å². The lowest BCUT2D eigenvalue weighted by Gasteiger charge is -2.33. The number of rotatable bonds is 24. The van der Waals surface area contributed by atoms with Crippen LogP contribution in [0.25, 0.3) is 4.85 Å². The molecule has 2 aliphatic rings. The van der Waals surface area contributed by atoms with E-state index in [9.17, 15) is 22.4 Å². The summed E-state index contributed by atoms with van der Waals surface area (Å²) in [5, 5.41) is 13.2. The minimum absolute atomic E-state index is 0.0384. The van der Waals surface area contributed by atoms with Gasteiger partial charge in [0.25, 0.3) is 0 Å². The Morgan fingerprint density at radius 3 is 1.25 bits per heavy atom. The molecule has 0 saturated carbocycles. The van der Waals surface area contributed by atoms with Gasteiger partial charge in [-0.05, 0) is 132 Å². The van der Waals surface area contributed by atoms with Gasteiger partial charge in [-0.1, -0.05) is 154 Å². The average molecular weight is 1080 g/mol. The lowest BCUT2D eigenvalue weighted by molar-refractivity contribution is -0.176. The number of benzene rings is 5. The number of amides is 1. The second-order valence-electron chi connectivity index (χ2n) is 20.6. The first-order valence-corrected chi connectivity index (χ1v) is 28.5. The summed E-state index contributed by atoms with van der Waals surface area (Å²) in [7, 11) is 0. The van der Waals surface area contributed by atoms with E-state index < -0.39 is 47.7 Å². The molecule has 0 bridgehead atoms. The largest absolute Gasteiger partial charge is 0.471 e. The number of unbranched alkanes of at least 4 members (excludes halogenated alkanes) is 2. The van der Waals surface area contributed by atoms with Crippen LogP contribution >= 0.6 is 11.8 Å². The number of thioether (sulfide) groups is 1. The normalized spacial score (nSPS) is 20.0. The van der Waals surface area contributed by atoms with E-state index in [1.165, 1.54) is 17.2 Å². The van der Waals surface area contributed by atoms with Gasteiger partial charge in [0.05, 0.1) is 12.6 Å². The summed E-state index contributed by atoms with van der Waals surface area (Å²) >= 11 is 1.75. The van der Waals surface area contributed by atoms with Crippen molar-refractivity contribution in [2.45, 2.75) is 166 Å². The molecule has 418 valence electrons. The Balaban J connectivity index is 0.000000272. The maximum atomic E-state index is 14.0. The van der Waals surface area contributed by atoms with Crippen LogP contribution in [-0.2, 0) is 56.0 Å². The zero-order valence-corrected chi connectivity index (χ0v) is 46.9. The summed E-state index contributed by atoms with van der Waals surface area (Å²) in [5.74, 6) is -4.23. The van der Waals surface area contributed by atoms with Crippen molar-refractivity contribution in [1.82, 2.24) is 21.3 Å². The molecule has 2 aliphatic heterocycles. The lowest BCUT2D eigenvalue weighted by Crippen LogP contribution is -2.56. The van der Waals surface area contributed by atoms with Gasteiger partial charge in [-0.3, -0.25) is 4.79 Å². The van der Waals surface area contributed by atoms with Crippen LogP contribution in [0.2, 0.25) is 0 Å². The van der Waals surface area contributed by atoms with Gasteiger partial charge in [0.2, 0.25) is 5.69 Å². The molecule has 8 atom stereocenters. The van der Waals surface area contributed by atoms with Crippen molar-refractivity contribution in [3.8, 4) is 0 Å². The van der Waals surface area contributed by atoms with Gasteiger partial charge >= 0.3 is 12.1 Å². The molecule has 77 heavy (non-hydrogen) atoms. The predicted octanol–water partition coefficient (Wildman–Crippen LogP) is 12.4. The number of nitrogens with zero attached hydrogens (tertiary/aromatic N) is 1. The first-order chi connectivity index (χ1) is 36.9. The first-order valence-electron chi connectivity index (χ1n) is 26.9. The van der Waals surface area contributed by atoms with Crippen LogP contribution in [0.15, 0.2) is 140 Å². The van der Waals surface area contributed by atoms with Crippen LogP contribution in [0.1, 0.15) is 95.0 Å². The Morgan fingerprint density at radius 1 is 0.571 bits per heavy atom. The summed E-state index contributed by atoms with van der Waals surface area (Å²) in [6.45, 7) is 21.2. The number of ether oxygens (including phenoxy) is 4. The Bertz CT molecular complexity index is 2500. The zero-order valence-electron chi connectivity index (χ0n) is 46.1. The molecule has 5 aromatic carbocycles. The quantitative estimate of drug-likeness (QED) is 0.0273. The van der Waals surface area contributed by atoms with Crippen LogP contribution in [0.3, 0.4) is 0 Å². The average Bonchev–Trinajstić information content (AvgIpc) is 3.92. The van der Waals surface area contributed by atoms with E-state index in [2.05, 4.69) is 76.4 Å². The first kappa shape index (κ1) is 62.7. The highest BCUT2D eigenvalue weighted by atomic mass is 32.2. The van der Waals surface area contributed by atoms with E-state index >= 15 is 0 Å². The predicted molar refractivity (Wildman–Crippen MR) is 302 cm³/mol. The van der Waals surface area contributed by atoms with Crippen molar-refractivity contribution >= 4 is 23.4 Å². The lowest BCUT2D eigenvalue weighted by atomic mass is 9.91. The summed E-state index contributed by atoms with van der Waals surface area (Å²) in [6, 6.07) is 43.4. The Labute approximate surface area is 460 Å². The van der Waals surface area contributed by atoms with Gasteiger partial charge in [-0.15, -0.1) is 0 Å². The van der Waals surface area contributed by atoms with Crippen molar-refractivity contribution in [3.05, 3.63) is 185 Å². The summed E-state index contributed by atoms with van der Waals surface area (Å²) < 4.78 is 79.4. The third-order valence-electron chi connectivity index (χ3n) is 13.3. The number of carbonyl (C=O) groups excluding carboxylic acids is 1. The molecular weight excluding hydrogens is 1000 g/mol. The highest BCUT2D eigenvalue weighted by molar-refractivity contribution is 7.97. The molecule has 4 N–H and O–H groups in total. The van der Waals surface area contributed by atoms with E-state index in [-0.39, 0.29) is 42.4 Å². The summed E-state index contributed by atoms with van der Waals surface area (Å²) in [6.07, 6.45) is 3.80. The fourth-order valence-corrected chi connectivity index (χ4v) is 9.70. The van der Waals surface area contributed by atoms with Gasteiger partial charge in [0, 0.05) is 24.7 Å². The van der Waals surface area contributed by atoms with Crippen LogP contribution in [-0.4, -0.2) is 97.8 Å². The topological polar surface area (TPSA) is 106 Å². The molecule has 2 saturated heterocycles. The molecule has 7 rings (SSSR count). The molecule has 2 heterocycles. The molecule has 5 aromatic rings. The van der Waals surface area contributed by atoms with Gasteiger partial charge in [-0.25, -0.2) is 9.24 Å². The van der Waals surface area contributed by atoms with Crippen molar-refractivity contribution in [1.29, 1.82) is 0 Å². The maximum Gasteiger partial charge on any atom is 0.471 e. The molecule has 1 amide bonds. The monoisotopic (exact) mass is 1080 g/mol. The number of alkyl halides is 3. The van der Waals surface area contributed by atoms with E-state index in [0.717, 1.165) is 68.3 Å². The summed E-state index contributed by atoms with van der Waals surface area (Å²) in [5.41, 5.74) is 5.22. The molecule has 0 radical (unpaired) electrons. The molecule has 0 aliphatic carbocycles. The van der Waals surface area contributed by atoms with Crippen molar-refractivity contribution in [2.75, 3.05) is 25.6 Å². The highest BCUT2D eigenvalue weighted by Gasteiger charge is 2.51.